The van der Waals surface area contributed by atoms with Crippen molar-refractivity contribution in [2.45, 2.75) is 19.4 Å². The molecule has 5 N–H and O–H groups in total. The summed E-state index contributed by atoms with van der Waals surface area (Å²) in [6, 6.07) is 8.47. The highest BCUT2D eigenvalue weighted by molar-refractivity contribution is 5.90. The molecule has 2 aromatic carbocycles. The number of anilines is 1. The van der Waals surface area contributed by atoms with Crippen molar-refractivity contribution < 1.29 is 33.4 Å². The van der Waals surface area contributed by atoms with Crippen LogP contribution in [0.5, 0.6) is 11.5 Å². The van der Waals surface area contributed by atoms with Gasteiger partial charge in [-0.15, -0.1) is 5.10 Å². The summed E-state index contributed by atoms with van der Waals surface area (Å²) >= 11 is 0. The van der Waals surface area contributed by atoms with Crippen LogP contribution in [0.3, 0.4) is 0 Å². The number of rotatable bonds is 12. The molecule has 0 saturated heterocycles. The molecule has 0 aliphatic carbocycles. The van der Waals surface area contributed by atoms with Crippen molar-refractivity contribution in [1.29, 1.82) is 0 Å². The molecule has 5 rings (SSSR count). The minimum absolute atomic E-state index is 0.00446. The Morgan fingerprint density at radius 2 is 2.05 bits per heavy atom. The van der Waals surface area contributed by atoms with E-state index < -0.39 is 23.5 Å². The summed E-state index contributed by atoms with van der Waals surface area (Å²) in [7, 11) is 1.40. The maximum absolute atomic E-state index is 16.0. The van der Waals surface area contributed by atoms with E-state index in [9.17, 15) is 14.7 Å². The highest BCUT2D eigenvalue weighted by Crippen LogP contribution is 2.35. The van der Waals surface area contributed by atoms with Crippen molar-refractivity contribution in [2.75, 3.05) is 25.6 Å². The second-order valence-corrected chi connectivity index (χ2v) is 8.91. The third-order valence-electron chi connectivity index (χ3n) is 6.10. The molecule has 1 atom stereocenters. The van der Waals surface area contributed by atoms with Gasteiger partial charge in [0.2, 0.25) is 11.7 Å². The zero-order valence-corrected chi connectivity index (χ0v) is 22.3. The summed E-state index contributed by atoms with van der Waals surface area (Å²) in [6.07, 6.45) is 1.31. The number of aromatic carboxylic acids is 1. The molecule has 0 amide bonds. The zero-order valence-electron chi connectivity index (χ0n) is 22.3. The van der Waals surface area contributed by atoms with Gasteiger partial charge in [0.15, 0.2) is 23.2 Å². The van der Waals surface area contributed by atoms with Crippen molar-refractivity contribution in [3.8, 4) is 28.7 Å². The summed E-state index contributed by atoms with van der Waals surface area (Å²) in [5.74, 6) is -1.44. The van der Waals surface area contributed by atoms with E-state index in [1.165, 1.54) is 19.2 Å². The van der Waals surface area contributed by atoms with E-state index in [0.717, 1.165) is 10.9 Å². The minimum atomic E-state index is -1.33. The number of H-pyrrole nitrogens is 2. The molecule has 16 heteroatoms. The minimum Gasteiger partial charge on any atom is -0.497 e. The number of carbonyl (C=O) groups is 1. The third kappa shape index (κ3) is 5.68. The average Bonchev–Trinajstić information content (AvgIpc) is 3.73. The van der Waals surface area contributed by atoms with Gasteiger partial charge in [0.25, 0.3) is 0 Å². The van der Waals surface area contributed by atoms with Crippen LogP contribution in [0.1, 0.15) is 40.1 Å². The predicted molar refractivity (Wildman–Crippen MR) is 143 cm³/mol. The van der Waals surface area contributed by atoms with Gasteiger partial charge in [-0.05, 0) is 30.3 Å². The first-order valence-electron chi connectivity index (χ1n) is 12.5. The SMILES string of the molecule is COc1cc(OCCCO)c(F)c(C(Nc2ccc(-c3noc(C)n3)cc2)c2nn(-c3[nH]ncc3C(=O)O)c(=O)[nH]2)c1. The molecule has 218 valence electrons. The number of aryl methyl sites for hydroxylation is 1. The summed E-state index contributed by atoms with van der Waals surface area (Å²) in [4.78, 5) is 31.3. The highest BCUT2D eigenvalue weighted by atomic mass is 19.1. The monoisotopic (exact) mass is 580 g/mol. The number of benzene rings is 2. The summed E-state index contributed by atoms with van der Waals surface area (Å²) in [5, 5.41) is 36.1. The molecule has 15 nitrogen and oxygen atoms in total. The van der Waals surface area contributed by atoms with Crippen LogP contribution in [0.2, 0.25) is 0 Å². The summed E-state index contributed by atoms with van der Waals surface area (Å²) in [6.45, 7) is 1.56. The number of halogens is 1. The number of carboxylic acids is 1. The molecule has 3 aromatic heterocycles. The molecule has 0 aliphatic rings. The van der Waals surface area contributed by atoms with Gasteiger partial charge in [-0.2, -0.15) is 14.8 Å². The number of nitrogens with one attached hydrogen (secondary N) is 3. The Hall–Kier alpha value is -5.51. The van der Waals surface area contributed by atoms with Gasteiger partial charge in [-0.1, -0.05) is 5.16 Å². The van der Waals surface area contributed by atoms with Crippen LogP contribution in [0.4, 0.5) is 10.1 Å². The molecule has 5 aromatic rings. The van der Waals surface area contributed by atoms with Gasteiger partial charge in [-0.25, -0.2) is 14.0 Å². The number of hydrogen-bond acceptors (Lipinski definition) is 11. The Kier molecular flexibility index (Phi) is 7.96. The van der Waals surface area contributed by atoms with Crippen molar-refractivity contribution in [1.82, 2.24) is 35.1 Å². The molecule has 0 spiro atoms. The number of carboxylic acid groups (broad SMARTS) is 1. The number of aromatic nitrogens is 7. The lowest BCUT2D eigenvalue weighted by molar-refractivity contribution is 0.0696. The Morgan fingerprint density at radius 1 is 1.26 bits per heavy atom. The van der Waals surface area contributed by atoms with Crippen molar-refractivity contribution in [3.63, 3.8) is 0 Å². The number of hydrogen-bond donors (Lipinski definition) is 5. The molecule has 0 aliphatic heterocycles. The first-order valence-corrected chi connectivity index (χ1v) is 12.5. The van der Waals surface area contributed by atoms with E-state index in [0.29, 0.717) is 23.0 Å². The number of aliphatic hydroxyl groups is 1. The highest BCUT2D eigenvalue weighted by Gasteiger charge is 2.28. The Labute approximate surface area is 235 Å². The van der Waals surface area contributed by atoms with Crippen LogP contribution in [0.15, 0.2) is 51.9 Å². The Morgan fingerprint density at radius 3 is 2.71 bits per heavy atom. The van der Waals surface area contributed by atoms with E-state index in [1.807, 2.05) is 0 Å². The summed E-state index contributed by atoms with van der Waals surface area (Å²) in [5.41, 5.74) is 0.0691. The van der Waals surface area contributed by atoms with Gasteiger partial charge < -0.3 is 29.5 Å². The molecule has 3 heterocycles. The second kappa shape index (κ2) is 11.9. The normalized spacial score (nSPS) is 11.8. The summed E-state index contributed by atoms with van der Waals surface area (Å²) < 4.78 is 32.7. The van der Waals surface area contributed by atoms with Crippen molar-refractivity contribution in [2.24, 2.45) is 0 Å². The molecular formula is C26H25FN8O7. The smallest absolute Gasteiger partial charge is 0.349 e. The van der Waals surface area contributed by atoms with Gasteiger partial charge in [-0.3, -0.25) is 10.1 Å². The van der Waals surface area contributed by atoms with Crippen LogP contribution in [-0.2, 0) is 0 Å². The van der Waals surface area contributed by atoms with Crippen LogP contribution in [-0.4, -0.2) is 71.6 Å². The first kappa shape index (κ1) is 28.0. The largest absolute Gasteiger partial charge is 0.497 e. The van der Waals surface area contributed by atoms with E-state index in [1.54, 1.807) is 31.2 Å². The number of nitrogens with zero attached hydrogens (tertiary/aromatic N) is 5. The predicted octanol–water partition coefficient (Wildman–Crippen LogP) is 2.45. The van der Waals surface area contributed by atoms with E-state index >= 15 is 4.39 Å². The fourth-order valence-electron chi connectivity index (χ4n) is 4.08. The molecular weight excluding hydrogens is 555 g/mol. The average molecular weight is 581 g/mol. The topological polar surface area (TPSA) is 206 Å². The number of aromatic amines is 2. The zero-order chi connectivity index (χ0) is 29.8. The quantitative estimate of drug-likeness (QED) is 0.135. The lowest BCUT2D eigenvalue weighted by atomic mass is 10.0. The van der Waals surface area contributed by atoms with Crippen LogP contribution >= 0.6 is 0 Å². The van der Waals surface area contributed by atoms with Gasteiger partial charge in [0.05, 0.1) is 19.9 Å². The van der Waals surface area contributed by atoms with Gasteiger partial charge >= 0.3 is 11.7 Å². The molecule has 1 unspecified atom stereocenters. The lowest BCUT2D eigenvalue weighted by Gasteiger charge is -2.21. The molecule has 42 heavy (non-hydrogen) atoms. The first-order chi connectivity index (χ1) is 20.3. The molecule has 0 fully saturated rings. The fourth-order valence-corrected chi connectivity index (χ4v) is 4.08. The Bertz CT molecular complexity index is 1760. The maximum atomic E-state index is 16.0. The van der Waals surface area contributed by atoms with Crippen LogP contribution in [0.25, 0.3) is 17.2 Å². The number of aliphatic hydroxyl groups excluding tert-OH is 1. The second-order valence-electron chi connectivity index (χ2n) is 8.91. The fraction of sp³-hybridized carbons (Fsp3) is 0.231. The standard InChI is InChI=1S/C26H25FN8O7/c1-13-29-22(34-42-13)14-4-6-15(7-5-14)30-21(17-10-16(40-2)11-19(20(17)27)41-9-3-8-36)23-31-26(39)35(33-23)24-18(25(37)38)12-28-32-24/h4-7,10-12,21,30,36H,3,8-9H2,1-2H3,(H,28,32)(H,37,38)(H,31,33,39). The lowest BCUT2D eigenvalue weighted by Crippen LogP contribution is -2.18. The third-order valence-corrected chi connectivity index (χ3v) is 6.10. The van der Waals surface area contributed by atoms with Crippen LogP contribution < -0.4 is 20.5 Å². The van der Waals surface area contributed by atoms with E-state index in [2.05, 4.69) is 35.7 Å². The maximum Gasteiger partial charge on any atom is 0.349 e. The van der Waals surface area contributed by atoms with E-state index in [-0.39, 0.29) is 53.9 Å². The molecule has 0 saturated carbocycles. The molecule has 0 bridgehead atoms. The van der Waals surface area contributed by atoms with Crippen molar-refractivity contribution in [3.05, 3.63) is 81.7 Å². The van der Waals surface area contributed by atoms with Gasteiger partial charge in [0, 0.05) is 42.8 Å². The van der Waals surface area contributed by atoms with E-state index in [4.69, 9.17) is 19.1 Å². The number of methoxy groups -OCH3 is 1. The van der Waals surface area contributed by atoms with Crippen molar-refractivity contribution >= 4 is 11.7 Å². The molecule has 0 radical (unpaired) electrons. The Balaban J connectivity index is 1.59. The number of ether oxygens (including phenoxy) is 2. The van der Waals surface area contributed by atoms with Crippen LogP contribution in [0, 0.1) is 12.7 Å². The van der Waals surface area contributed by atoms with Gasteiger partial charge in [0.1, 0.15) is 17.4 Å².